The van der Waals surface area contributed by atoms with Gasteiger partial charge in [-0.25, -0.2) is 0 Å². The number of hydrogen-bond acceptors (Lipinski definition) is 1. The molecule has 0 aliphatic heterocycles. The lowest BCUT2D eigenvalue weighted by Gasteiger charge is -1.97. The second-order valence-corrected chi connectivity index (χ2v) is 4.61. The Balaban J connectivity index is 2.38. The van der Waals surface area contributed by atoms with E-state index >= 15 is 0 Å². The van der Waals surface area contributed by atoms with E-state index in [1.807, 2.05) is 36.4 Å². The smallest absolute Gasteiger partial charge is 0.0934 e. The Kier molecular flexibility index (Phi) is 2.71. The van der Waals surface area contributed by atoms with Crippen LogP contribution in [0.1, 0.15) is 5.56 Å². The third-order valence-electron chi connectivity index (χ3n) is 1.96. The Morgan fingerprint density at radius 2 is 1.79 bits per heavy atom. The molecule has 1 heterocycles. The van der Waals surface area contributed by atoms with Gasteiger partial charge in [0.1, 0.15) is 0 Å². The van der Waals surface area contributed by atoms with Crippen molar-refractivity contribution in [2.24, 2.45) is 0 Å². The van der Waals surface area contributed by atoms with Crippen molar-refractivity contribution in [3.8, 4) is 10.4 Å². The average molecular weight is 220 g/mol. The molecule has 0 nitrogen and oxygen atoms in total. The van der Waals surface area contributed by atoms with E-state index in [4.69, 9.17) is 18.2 Å². The van der Waals surface area contributed by atoms with E-state index in [0.29, 0.717) is 0 Å². The highest BCUT2D eigenvalue weighted by atomic mass is 35.5. The van der Waals surface area contributed by atoms with E-state index in [2.05, 4.69) is 0 Å². The summed E-state index contributed by atoms with van der Waals surface area (Å²) in [7, 11) is 0. The molecular formula is C12H8ClS. The fraction of sp³-hybridized carbons (Fsp3) is 0. The van der Waals surface area contributed by atoms with Crippen molar-refractivity contribution in [3.05, 3.63) is 52.9 Å². The van der Waals surface area contributed by atoms with Crippen LogP contribution in [0, 0.1) is 6.58 Å². The molecule has 14 heavy (non-hydrogen) atoms. The van der Waals surface area contributed by atoms with Gasteiger partial charge in [-0.15, -0.1) is 11.3 Å². The maximum atomic E-state index is 5.86. The summed E-state index contributed by atoms with van der Waals surface area (Å²) >= 11 is 7.44. The van der Waals surface area contributed by atoms with Crippen LogP contribution in [0.5, 0.6) is 0 Å². The van der Waals surface area contributed by atoms with Crippen molar-refractivity contribution in [2.75, 3.05) is 0 Å². The van der Waals surface area contributed by atoms with Crippen molar-refractivity contribution >= 4 is 29.0 Å². The molecule has 0 atom stereocenters. The summed E-state index contributed by atoms with van der Waals surface area (Å²) in [6.07, 6.45) is 1.59. The van der Waals surface area contributed by atoms with Crippen LogP contribution in [0.15, 0.2) is 36.4 Å². The minimum absolute atomic E-state index is 0.814. The highest BCUT2D eigenvalue weighted by molar-refractivity contribution is 7.19. The summed E-state index contributed by atoms with van der Waals surface area (Å²) < 4.78 is 0.814. The van der Waals surface area contributed by atoms with E-state index in [9.17, 15) is 0 Å². The molecule has 2 rings (SSSR count). The topological polar surface area (TPSA) is 0 Å². The monoisotopic (exact) mass is 219 g/mol. The molecule has 0 saturated heterocycles. The van der Waals surface area contributed by atoms with Crippen LogP contribution in [0.25, 0.3) is 16.5 Å². The number of halogens is 1. The summed E-state index contributed by atoms with van der Waals surface area (Å²) in [5.74, 6) is 0. The summed E-state index contributed by atoms with van der Waals surface area (Å²) in [5, 5.41) is 0. The van der Waals surface area contributed by atoms with Gasteiger partial charge in [-0.3, -0.25) is 0 Å². The van der Waals surface area contributed by atoms with Crippen LogP contribution in [0.4, 0.5) is 0 Å². The molecule has 0 saturated carbocycles. The molecular weight excluding hydrogens is 212 g/mol. The van der Waals surface area contributed by atoms with Crippen molar-refractivity contribution in [3.63, 3.8) is 0 Å². The SMILES string of the molecule is [CH]=Cc1ccc(-c2ccc(Cl)s2)cc1. The Morgan fingerprint density at radius 3 is 2.29 bits per heavy atom. The summed E-state index contributed by atoms with van der Waals surface area (Å²) in [6, 6.07) is 12.0. The molecule has 0 aliphatic rings. The lowest BCUT2D eigenvalue weighted by molar-refractivity contribution is 1.65. The molecule has 1 aromatic heterocycles. The molecule has 0 bridgehead atoms. The molecule has 0 spiro atoms. The van der Waals surface area contributed by atoms with Crippen LogP contribution in [0.3, 0.4) is 0 Å². The molecule has 0 aliphatic carbocycles. The first kappa shape index (κ1) is 9.50. The quantitative estimate of drug-likeness (QED) is 0.697. The van der Waals surface area contributed by atoms with E-state index in [-0.39, 0.29) is 0 Å². The van der Waals surface area contributed by atoms with Gasteiger partial charge >= 0.3 is 0 Å². The van der Waals surface area contributed by atoms with Gasteiger partial charge in [-0.05, 0) is 23.3 Å². The molecule has 0 amide bonds. The van der Waals surface area contributed by atoms with E-state index in [1.54, 1.807) is 17.4 Å². The van der Waals surface area contributed by atoms with Crippen molar-refractivity contribution in [2.45, 2.75) is 0 Å². The number of thiophene rings is 1. The van der Waals surface area contributed by atoms with Crippen LogP contribution < -0.4 is 0 Å². The molecule has 2 heteroatoms. The van der Waals surface area contributed by atoms with Crippen LogP contribution in [-0.4, -0.2) is 0 Å². The Labute approximate surface area is 92.5 Å². The van der Waals surface area contributed by atoms with Crippen LogP contribution in [-0.2, 0) is 0 Å². The van der Waals surface area contributed by atoms with Crippen molar-refractivity contribution in [1.29, 1.82) is 0 Å². The number of hydrogen-bond donors (Lipinski definition) is 0. The predicted molar refractivity (Wildman–Crippen MR) is 63.5 cm³/mol. The van der Waals surface area contributed by atoms with Crippen LogP contribution >= 0.6 is 22.9 Å². The van der Waals surface area contributed by atoms with Gasteiger partial charge in [0.25, 0.3) is 0 Å². The van der Waals surface area contributed by atoms with Gasteiger partial charge in [0, 0.05) is 4.88 Å². The molecule has 0 N–H and O–H groups in total. The van der Waals surface area contributed by atoms with Crippen molar-refractivity contribution in [1.82, 2.24) is 0 Å². The maximum Gasteiger partial charge on any atom is 0.0934 e. The Hall–Kier alpha value is -1.05. The molecule has 69 valence electrons. The fourth-order valence-electron chi connectivity index (χ4n) is 1.23. The van der Waals surface area contributed by atoms with Gasteiger partial charge in [-0.2, -0.15) is 0 Å². The van der Waals surface area contributed by atoms with Crippen LogP contribution in [0.2, 0.25) is 4.34 Å². The summed E-state index contributed by atoms with van der Waals surface area (Å²) in [4.78, 5) is 1.18. The lowest BCUT2D eigenvalue weighted by atomic mass is 10.1. The fourth-order valence-corrected chi connectivity index (χ4v) is 2.28. The molecule has 1 aromatic carbocycles. The zero-order valence-corrected chi connectivity index (χ0v) is 8.98. The predicted octanol–water partition coefficient (Wildman–Crippen LogP) is 4.51. The van der Waals surface area contributed by atoms with E-state index in [0.717, 1.165) is 9.90 Å². The Morgan fingerprint density at radius 1 is 1.07 bits per heavy atom. The Bertz CT molecular complexity index is 440. The molecule has 0 fully saturated rings. The first-order valence-corrected chi connectivity index (χ1v) is 5.40. The second kappa shape index (κ2) is 3.99. The minimum atomic E-state index is 0.814. The normalized spacial score (nSPS) is 10.1. The van der Waals surface area contributed by atoms with E-state index < -0.39 is 0 Å². The minimum Gasteiger partial charge on any atom is -0.123 e. The third-order valence-corrected chi connectivity index (χ3v) is 3.24. The van der Waals surface area contributed by atoms with Crippen molar-refractivity contribution < 1.29 is 0 Å². The third kappa shape index (κ3) is 1.89. The number of benzene rings is 1. The zero-order chi connectivity index (χ0) is 9.97. The molecule has 0 unspecified atom stereocenters. The lowest BCUT2D eigenvalue weighted by Crippen LogP contribution is -1.73. The molecule has 2 aromatic rings. The maximum absolute atomic E-state index is 5.86. The molecule has 1 radical (unpaired) electrons. The van der Waals surface area contributed by atoms with E-state index in [1.165, 1.54) is 10.4 Å². The van der Waals surface area contributed by atoms with Gasteiger partial charge in [0.2, 0.25) is 0 Å². The zero-order valence-electron chi connectivity index (χ0n) is 7.41. The highest BCUT2D eigenvalue weighted by Crippen LogP contribution is 2.30. The summed E-state index contributed by atoms with van der Waals surface area (Å²) in [5.41, 5.74) is 2.20. The van der Waals surface area contributed by atoms with Gasteiger partial charge in [-0.1, -0.05) is 48.5 Å². The highest BCUT2D eigenvalue weighted by Gasteiger charge is 2.00. The standard InChI is InChI=1S/C12H8ClS/c1-2-9-3-5-10(6-4-9)11-7-8-12(13)14-11/h1-8H. The first-order chi connectivity index (χ1) is 6.79. The first-order valence-electron chi connectivity index (χ1n) is 4.20. The summed E-state index contributed by atoms with van der Waals surface area (Å²) in [6.45, 7) is 5.40. The number of rotatable bonds is 2. The largest absolute Gasteiger partial charge is 0.123 e. The van der Waals surface area contributed by atoms with Gasteiger partial charge < -0.3 is 0 Å². The second-order valence-electron chi connectivity index (χ2n) is 2.89. The van der Waals surface area contributed by atoms with Gasteiger partial charge in [0.05, 0.1) is 4.34 Å². The van der Waals surface area contributed by atoms with Gasteiger partial charge in [0.15, 0.2) is 0 Å². The average Bonchev–Trinajstić information content (AvgIpc) is 2.65.